The highest BCUT2D eigenvalue weighted by Gasteiger charge is 2.18. The van der Waals surface area contributed by atoms with Crippen molar-refractivity contribution < 1.29 is 5.11 Å². The molecule has 84 valence electrons. The topological polar surface area (TPSA) is 33.1 Å². The maximum atomic E-state index is 10.2. The van der Waals surface area contributed by atoms with Crippen molar-refractivity contribution in [2.75, 3.05) is 0 Å². The second-order valence-corrected chi connectivity index (χ2v) is 4.11. The van der Waals surface area contributed by atoms with Crippen LogP contribution in [0.15, 0.2) is 18.3 Å². The molecular weight excluding hydrogens is 186 g/mol. The molecule has 0 radical (unpaired) electrons. The molecule has 2 unspecified atom stereocenters. The molecule has 0 amide bonds. The second kappa shape index (κ2) is 5.86. The van der Waals surface area contributed by atoms with Crippen molar-refractivity contribution in [1.82, 2.24) is 4.98 Å². The van der Waals surface area contributed by atoms with Gasteiger partial charge in [-0.15, -0.1) is 0 Å². The molecule has 0 aliphatic rings. The van der Waals surface area contributed by atoms with Gasteiger partial charge in [-0.05, 0) is 30.4 Å². The summed E-state index contributed by atoms with van der Waals surface area (Å²) in [5.41, 5.74) is 2.02. The number of aliphatic hydroxyl groups is 1. The molecule has 0 aliphatic heterocycles. The van der Waals surface area contributed by atoms with Crippen LogP contribution in [0.1, 0.15) is 51.0 Å². The zero-order chi connectivity index (χ0) is 11.3. The molecular formula is C13H21NO. The van der Waals surface area contributed by atoms with Crippen molar-refractivity contribution >= 4 is 0 Å². The summed E-state index contributed by atoms with van der Waals surface area (Å²) in [5.74, 6) is 0.287. The van der Waals surface area contributed by atoms with E-state index in [0.29, 0.717) is 0 Å². The van der Waals surface area contributed by atoms with Gasteiger partial charge in [0.15, 0.2) is 0 Å². The summed E-state index contributed by atoms with van der Waals surface area (Å²) in [7, 11) is 0. The Kier molecular flexibility index (Phi) is 4.76. The molecule has 2 nitrogen and oxygen atoms in total. The molecule has 0 fully saturated rings. The van der Waals surface area contributed by atoms with Gasteiger partial charge in [0.1, 0.15) is 0 Å². The lowest BCUT2D eigenvalue weighted by Gasteiger charge is -2.19. The van der Waals surface area contributed by atoms with Gasteiger partial charge in [-0.25, -0.2) is 0 Å². The Morgan fingerprint density at radius 2 is 2.13 bits per heavy atom. The van der Waals surface area contributed by atoms with Crippen molar-refractivity contribution in [1.29, 1.82) is 0 Å². The van der Waals surface area contributed by atoms with Crippen LogP contribution in [-0.4, -0.2) is 10.1 Å². The number of aliphatic hydroxyl groups excluding tert-OH is 1. The highest BCUT2D eigenvalue weighted by Crippen LogP contribution is 2.26. The smallest absolute Gasteiger partial charge is 0.0987 e. The maximum Gasteiger partial charge on any atom is 0.0987 e. The quantitative estimate of drug-likeness (QED) is 0.804. The van der Waals surface area contributed by atoms with Gasteiger partial charge >= 0.3 is 0 Å². The third-order valence-corrected chi connectivity index (χ3v) is 2.87. The minimum Gasteiger partial charge on any atom is -0.387 e. The number of nitrogens with zero attached hydrogens (tertiary/aromatic N) is 1. The fourth-order valence-electron chi connectivity index (χ4n) is 1.90. The summed E-state index contributed by atoms with van der Waals surface area (Å²) in [6, 6.07) is 3.98. The maximum absolute atomic E-state index is 10.2. The first-order valence-corrected chi connectivity index (χ1v) is 5.82. The van der Waals surface area contributed by atoms with Gasteiger partial charge in [0, 0.05) is 6.20 Å². The first-order chi connectivity index (χ1) is 7.20. The van der Waals surface area contributed by atoms with Gasteiger partial charge < -0.3 is 5.11 Å². The highest BCUT2D eigenvalue weighted by atomic mass is 16.3. The molecule has 0 saturated heterocycles. The van der Waals surface area contributed by atoms with E-state index in [1.54, 1.807) is 6.20 Å². The summed E-state index contributed by atoms with van der Waals surface area (Å²) < 4.78 is 0. The van der Waals surface area contributed by atoms with Gasteiger partial charge in [-0.1, -0.05) is 33.3 Å². The van der Waals surface area contributed by atoms with Crippen molar-refractivity contribution in [2.45, 2.75) is 46.1 Å². The van der Waals surface area contributed by atoms with E-state index < -0.39 is 6.10 Å². The van der Waals surface area contributed by atoms with Crippen LogP contribution < -0.4 is 0 Å². The van der Waals surface area contributed by atoms with Crippen LogP contribution in [0.5, 0.6) is 0 Å². The van der Waals surface area contributed by atoms with Crippen molar-refractivity contribution in [3.8, 4) is 0 Å². The zero-order valence-corrected chi connectivity index (χ0v) is 9.90. The van der Waals surface area contributed by atoms with Crippen LogP contribution in [-0.2, 0) is 6.42 Å². The van der Waals surface area contributed by atoms with Gasteiger partial charge in [0.25, 0.3) is 0 Å². The van der Waals surface area contributed by atoms with Gasteiger partial charge in [0.05, 0.1) is 11.8 Å². The number of hydrogen-bond acceptors (Lipinski definition) is 2. The molecule has 0 aromatic carbocycles. The van der Waals surface area contributed by atoms with Crippen LogP contribution in [0.4, 0.5) is 0 Å². The van der Waals surface area contributed by atoms with Crippen molar-refractivity contribution in [2.24, 2.45) is 5.92 Å². The van der Waals surface area contributed by atoms with E-state index >= 15 is 0 Å². The standard InChI is InChI=1S/C13H21NO/c1-4-7-10(3)13(15)12-11(5-2)8-6-9-14-12/h6,8-10,13,15H,4-5,7H2,1-3H3. The molecule has 0 bridgehead atoms. The predicted molar refractivity (Wildman–Crippen MR) is 62.6 cm³/mol. The summed E-state index contributed by atoms with van der Waals surface area (Å²) >= 11 is 0. The van der Waals surface area contributed by atoms with Crippen LogP contribution in [0, 0.1) is 5.92 Å². The monoisotopic (exact) mass is 207 g/mol. The summed E-state index contributed by atoms with van der Waals surface area (Å²) in [5, 5.41) is 10.2. The molecule has 1 heterocycles. The highest BCUT2D eigenvalue weighted by molar-refractivity contribution is 5.22. The molecule has 2 atom stereocenters. The number of aryl methyl sites for hydroxylation is 1. The van der Waals surface area contributed by atoms with Crippen molar-refractivity contribution in [3.63, 3.8) is 0 Å². The van der Waals surface area contributed by atoms with Gasteiger partial charge in [-0.3, -0.25) is 4.98 Å². The first kappa shape index (κ1) is 12.2. The molecule has 15 heavy (non-hydrogen) atoms. The Morgan fingerprint density at radius 3 is 2.73 bits per heavy atom. The summed E-state index contributed by atoms with van der Waals surface area (Å²) in [6.45, 7) is 6.32. The van der Waals surface area contributed by atoms with E-state index in [9.17, 15) is 5.11 Å². The predicted octanol–water partition coefficient (Wildman–Crippen LogP) is 3.11. The van der Waals surface area contributed by atoms with Gasteiger partial charge in [0.2, 0.25) is 0 Å². The molecule has 1 aromatic rings. The first-order valence-electron chi connectivity index (χ1n) is 5.82. The van der Waals surface area contributed by atoms with E-state index in [1.165, 1.54) is 0 Å². The van der Waals surface area contributed by atoms with E-state index in [4.69, 9.17) is 0 Å². The average molecular weight is 207 g/mol. The minimum atomic E-state index is -0.416. The average Bonchev–Trinajstić information content (AvgIpc) is 2.28. The number of hydrogen-bond donors (Lipinski definition) is 1. The minimum absolute atomic E-state index is 0.287. The SMILES string of the molecule is CCCC(C)C(O)c1ncccc1CC. The Bertz CT molecular complexity index is 298. The van der Waals surface area contributed by atoms with Crippen LogP contribution in [0.25, 0.3) is 0 Å². The molecule has 0 saturated carbocycles. The molecule has 2 heteroatoms. The van der Waals surface area contributed by atoms with Crippen molar-refractivity contribution in [3.05, 3.63) is 29.6 Å². The van der Waals surface area contributed by atoms with E-state index in [1.807, 2.05) is 12.1 Å². The third kappa shape index (κ3) is 3.03. The fourth-order valence-corrected chi connectivity index (χ4v) is 1.90. The molecule has 0 spiro atoms. The fraction of sp³-hybridized carbons (Fsp3) is 0.615. The van der Waals surface area contributed by atoms with E-state index in [2.05, 4.69) is 25.8 Å². The summed E-state index contributed by atoms with van der Waals surface area (Å²) in [4.78, 5) is 4.30. The number of aromatic nitrogens is 1. The lowest BCUT2D eigenvalue weighted by Crippen LogP contribution is -2.12. The lowest BCUT2D eigenvalue weighted by atomic mass is 9.94. The number of rotatable bonds is 5. The molecule has 1 rings (SSSR count). The van der Waals surface area contributed by atoms with Crippen LogP contribution in [0.2, 0.25) is 0 Å². The third-order valence-electron chi connectivity index (χ3n) is 2.87. The molecule has 0 aliphatic carbocycles. The normalized spacial score (nSPS) is 14.9. The van der Waals surface area contributed by atoms with Crippen LogP contribution in [0.3, 0.4) is 0 Å². The molecule has 1 N–H and O–H groups in total. The Balaban J connectivity index is 2.84. The second-order valence-electron chi connectivity index (χ2n) is 4.11. The Labute approximate surface area is 92.4 Å². The zero-order valence-electron chi connectivity index (χ0n) is 9.90. The van der Waals surface area contributed by atoms with E-state index in [0.717, 1.165) is 30.5 Å². The lowest BCUT2D eigenvalue weighted by molar-refractivity contribution is 0.107. The molecule has 1 aromatic heterocycles. The van der Waals surface area contributed by atoms with Gasteiger partial charge in [-0.2, -0.15) is 0 Å². The van der Waals surface area contributed by atoms with Crippen LogP contribution >= 0.6 is 0 Å². The largest absolute Gasteiger partial charge is 0.387 e. The Hall–Kier alpha value is -0.890. The summed E-state index contributed by atoms with van der Waals surface area (Å²) in [6.07, 6.45) is 4.42. The van der Waals surface area contributed by atoms with E-state index in [-0.39, 0.29) is 5.92 Å². The number of pyridine rings is 1. The Morgan fingerprint density at radius 1 is 1.40 bits per heavy atom.